The lowest BCUT2D eigenvalue weighted by Gasteiger charge is -2.41. The summed E-state index contributed by atoms with van der Waals surface area (Å²) in [5.74, 6) is 0.304. The van der Waals surface area contributed by atoms with Crippen LogP contribution in [0.4, 0.5) is 4.79 Å². The molecule has 0 unspecified atom stereocenters. The van der Waals surface area contributed by atoms with Gasteiger partial charge in [-0.2, -0.15) is 5.26 Å². The van der Waals surface area contributed by atoms with Crippen LogP contribution in [-0.4, -0.2) is 64.1 Å². The van der Waals surface area contributed by atoms with E-state index in [9.17, 15) is 10.1 Å². The third kappa shape index (κ3) is 5.01. The lowest BCUT2D eigenvalue weighted by molar-refractivity contribution is 0.125. The van der Waals surface area contributed by atoms with Gasteiger partial charge in [0.15, 0.2) is 0 Å². The number of hydrogen-bond donors (Lipinski definition) is 1. The Morgan fingerprint density at radius 3 is 2.63 bits per heavy atom. The smallest absolute Gasteiger partial charge is 0.318 e. The molecule has 1 atom stereocenters. The molecule has 1 aliphatic heterocycles. The third-order valence-corrected chi connectivity index (χ3v) is 6.59. The predicted molar refractivity (Wildman–Crippen MR) is 116 cm³/mol. The third-order valence-electron chi connectivity index (χ3n) is 6.59. The van der Waals surface area contributed by atoms with Crippen LogP contribution in [0.5, 0.6) is 0 Å². The predicted octanol–water partition coefficient (Wildman–Crippen LogP) is 3.20. The summed E-state index contributed by atoms with van der Waals surface area (Å²) in [4.78, 5) is 17.3. The second kappa shape index (κ2) is 10.1. The van der Waals surface area contributed by atoms with E-state index in [-0.39, 0.29) is 6.03 Å². The van der Waals surface area contributed by atoms with Crippen molar-refractivity contribution in [3.63, 3.8) is 0 Å². The van der Waals surface area contributed by atoms with Gasteiger partial charge < -0.3 is 15.1 Å². The van der Waals surface area contributed by atoms with Crippen LogP contribution in [0.15, 0.2) is 12.3 Å². The lowest BCUT2D eigenvalue weighted by atomic mass is 9.74. The fourth-order valence-corrected chi connectivity index (χ4v) is 4.46. The zero-order chi connectivity index (χ0) is 21.6. The fraction of sp³-hybridized carbons (Fsp3) is 0.727. The van der Waals surface area contributed by atoms with Gasteiger partial charge in [0.05, 0.1) is 11.7 Å². The van der Waals surface area contributed by atoms with E-state index in [2.05, 4.69) is 47.5 Å². The van der Waals surface area contributed by atoms with Crippen LogP contribution in [0.3, 0.4) is 0 Å². The molecule has 0 radical (unpaired) electrons. The maximum atomic E-state index is 13.2. The highest BCUT2D eigenvalue weighted by atomic mass is 16.2. The van der Waals surface area contributed by atoms with E-state index in [1.165, 1.54) is 19.3 Å². The van der Waals surface area contributed by atoms with Gasteiger partial charge >= 0.3 is 6.03 Å². The SMILES string of the molecule is CCC/C=C(\C#N)n1cc([C@@](C)(NC(=O)N2CCN(C)CC2)C2CCCCC2)nn1. The molecule has 8 nitrogen and oxygen atoms in total. The molecule has 0 bridgehead atoms. The molecule has 1 aliphatic carbocycles. The summed E-state index contributed by atoms with van der Waals surface area (Å²) < 4.78 is 1.55. The van der Waals surface area contributed by atoms with Gasteiger partial charge in [0.25, 0.3) is 0 Å². The van der Waals surface area contributed by atoms with Crippen molar-refractivity contribution in [2.24, 2.45) is 5.92 Å². The van der Waals surface area contributed by atoms with Crippen LogP contribution < -0.4 is 5.32 Å². The number of nitrogens with one attached hydrogen (secondary N) is 1. The molecule has 0 spiro atoms. The van der Waals surface area contributed by atoms with Gasteiger partial charge in [0, 0.05) is 26.2 Å². The molecule has 1 N–H and O–H groups in total. The van der Waals surface area contributed by atoms with E-state index in [1.807, 2.05) is 17.2 Å². The number of rotatable bonds is 6. The lowest BCUT2D eigenvalue weighted by Crippen LogP contribution is -2.57. The number of amides is 2. The Morgan fingerprint density at radius 1 is 1.30 bits per heavy atom. The Bertz CT molecular complexity index is 782. The maximum absolute atomic E-state index is 13.2. The number of hydrogen-bond acceptors (Lipinski definition) is 5. The Hall–Kier alpha value is -2.40. The number of likely N-dealkylation sites (N-methyl/N-ethyl adjacent to an activating group) is 1. The minimum atomic E-state index is -0.607. The van der Waals surface area contributed by atoms with Gasteiger partial charge in [-0.1, -0.05) is 37.8 Å². The van der Waals surface area contributed by atoms with Crippen molar-refractivity contribution in [3.05, 3.63) is 18.0 Å². The number of urea groups is 1. The molecule has 30 heavy (non-hydrogen) atoms. The highest BCUT2D eigenvalue weighted by Gasteiger charge is 2.41. The van der Waals surface area contributed by atoms with Gasteiger partial charge in [0.1, 0.15) is 17.5 Å². The molecular weight excluding hydrogens is 378 g/mol. The average Bonchev–Trinajstić information content (AvgIpc) is 3.26. The van der Waals surface area contributed by atoms with Gasteiger partial charge in [-0.3, -0.25) is 0 Å². The van der Waals surface area contributed by atoms with Crippen LogP contribution in [-0.2, 0) is 5.54 Å². The second-order valence-corrected chi connectivity index (χ2v) is 8.80. The summed E-state index contributed by atoms with van der Waals surface area (Å²) >= 11 is 0. The van der Waals surface area contributed by atoms with Crippen LogP contribution in [0.2, 0.25) is 0 Å². The van der Waals surface area contributed by atoms with Crippen LogP contribution in [0.1, 0.15) is 64.5 Å². The molecule has 0 aromatic carbocycles. The Morgan fingerprint density at radius 2 is 2.00 bits per heavy atom. The topological polar surface area (TPSA) is 90.1 Å². The summed E-state index contributed by atoms with van der Waals surface area (Å²) in [5, 5.41) is 21.5. The highest BCUT2D eigenvalue weighted by Crippen LogP contribution is 2.38. The summed E-state index contributed by atoms with van der Waals surface area (Å²) in [5.41, 5.74) is 0.603. The molecule has 1 saturated carbocycles. The number of carbonyl (C=O) groups excluding carboxylic acids is 1. The van der Waals surface area contributed by atoms with Crippen molar-refractivity contribution in [2.45, 2.75) is 64.3 Å². The quantitative estimate of drug-likeness (QED) is 0.723. The number of aromatic nitrogens is 3. The van der Waals surface area contributed by atoms with Crippen molar-refractivity contribution in [2.75, 3.05) is 33.2 Å². The molecule has 2 fully saturated rings. The summed E-state index contributed by atoms with van der Waals surface area (Å²) in [7, 11) is 2.08. The Balaban J connectivity index is 1.85. The first-order valence-electron chi connectivity index (χ1n) is 11.3. The summed E-state index contributed by atoms with van der Waals surface area (Å²) in [6, 6.07) is 2.18. The van der Waals surface area contributed by atoms with E-state index >= 15 is 0 Å². The van der Waals surface area contributed by atoms with Crippen molar-refractivity contribution >= 4 is 11.7 Å². The second-order valence-electron chi connectivity index (χ2n) is 8.80. The Kier molecular flexibility index (Phi) is 7.48. The van der Waals surface area contributed by atoms with Crippen LogP contribution in [0.25, 0.3) is 5.70 Å². The zero-order valence-corrected chi connectivity index (χ0v) is 18.6. The minimum Gasteiger partial charge on any atom is -0.327 e. The first kappa shape index (κ1) is 22.3. The highest BCUT2D eigenvalue weighted by molar-refractivity contribution is 5.75. The Labute approximate surface area is 179 Å². The minimum absolute atomic E-state index is 0.0345. The number of unbranched alkanes of at least 4 members (excludes halogenated alkanes) is 1. The zero-order valence-electron chi connectivity index (χ0n) is 18.6. The van der Waals surface area contributed by atoms with Gasteiger partial charge in [-0.15, -0.1) is 5.10 Å². The van der Waals surface area contributed by atoms with E-state index in [0.29, 0.717) is 11.6 Å². The van der Waals surface area contributed by atoms with Crippen molar-refractivity contribution < 1.29 is 4.79 Å². The molecule has 1 saturated heterocycles. The number of piperazine rings is 1. The van der Waals surface area contributed by atoms with Gasteiger partial charge in [-0.25, -0.2) is 9.48 Å². The fourth-order valence-electron chi connectivity index (χ4n) is 4.46. The standard InChI is InChI=1S/C22H35N7O/c1-4-5-11-19(16-23)29-17-20(25-26-29)22(2,18-9-7-6-8-10-18)24-21(30)28-14-12-27(3)13-15-28/h11,17-18H,4-10,12-15H2,1-3H3,(H,24,30)/b19-11+/t22-/m0/s1. The molecule has 1 aromatic heterocycles. The molecule has 2 heterocycles. The van der Waals surface area contributed by atoms with E-state index < -0.39 is 5.54 Å². The largest absolute Gasteiger partial charge is 0.327 e. The molecule has 8 heteroatoms. The molecule has 2 aliphatic rings. The van der Waals surface area contributed by atoms with Crippen molar-refractivity contribution in [1.29, 1.82) is 5.26 Å². The van der Waals surface area contributed by atoms with Gasteiger partial charge in [-0.05, 0) is 45.2 Å². The first-order chi connectivity index (χ1) is 14.5. The molecule has 3 rings (SSSR count). The molecule has 1 aromatic rings. The number of nitrogens with zero attached hydrogens (tertiary/aromatic N) is 6. The van der Waals surface area contributed by atoms with Crippen molar-refractivity contribution in [1.82, 2.24) is 30.1 Å². The monoisotopic (exact) mass is 413 g/mol. The van der Waals surface area contributed by atoms with Crippen LogP contribution in [0, 0.1) is 17.2 Å². The van der Waals surface area contributed by atoms with E-state index in [0.717, 1.165) is 57.6 Å². The average molecular weight is 414 g/mol. The molecule has 2 amide bonds. The number of allylic oxidation sites excluding steroid dienone is 2. The van der Waals surface area contributed by atoms with E-state index in [1.54, 1.807) is 4.68 Å². The molecule has 164 valence electrons. The summed E-state index contributed by atoms with van der Waals surface area (Å²) in [6.07, 6.45) is 11.2. The van der Waals surface area contributed by atoms with Crippen LogP contribution >= 0.6 is 0 Å². The first-order valence-corrected chi connectivity index (χ1v) is 11.3. The maximum Gasteiger partial charge on any atom is 0.318 e. The molecular formula is C22H35N7O. The number of carbonyl (C=O) groups is 1. The van der Waals surface area contributed by atoms with Gasteiger partial charge in [0.2, 0.25) is 0 Å². The number of nitriles is 1. The van der Waals surface area contributed by atoms with Crippen molar-refractivity contribution in [3.8, 4) is 6.07 Å². The summed E-state index contributed by atoms with van der Waals surface area (Å²) in [6.45, 7) is 7.39. The normalized spacial score (nSPS) is 21.1. The van der Waals surface area contributed by atoms with E-state index in [4.69, 9.17) is 0 Å².